The van der Waals surface area contributed by atoms with Crippen molar-refractivity contribution in [2.75, 3.05) is 6.61 Å². The fourth-order valence-electron chi connectivity index (χ4n) is 2.00. The molecule has 2 rings (SSSR count). The summed E-state index contributed by atoms with van der Waals surface area (Å²) in [5, 5.41) is 9.36. The van der Waals surface area contributed by atoms with Crippen LogP contribution in [0.4, 0.5) is 0 Å². The molecule has 3 heteroatoms. The molecule has 0 aliphatic heterocycles. The smallest absolute Gasteiger partial charge is 0.132 e. The molecule has 1 fully saturated rings. The van der Waals surface area contributed by atoms with Gasteiger partial charge in [-0.25, -0.2) is 0 Å². The number of rotatable bonds is 5. The summed E-state index contributed by atoms with van der Waals surface area (Å²) >= 11 is 0. The highest BCUT2D eigenvalue weighted by atomic mass is 16.5. The third kappa shape index (κ3) is 2.91. The maximum Gasteiger partial charge on any atom is 0.132 e. The van der Waals surface area contributed by atoms with Crippen LogP contribution in [0.25, 0.3) is 0 Å². The Morgan fingerprint density at radius 1 is 1.29 bits per heavy atom. The summed E-state index contributed by atoms with van der Waals surface area (Å²) in [5.74, 6) is 1.59. The fourth-order valence-corrected chi connectivity index (χ4v) is 2.00. The Morgan fingerprint density at radius 2 is 2.00 bits per heavy atom. The maximum atomic E-state index is 9.36. The molecular weight excluding hydrogens is 216 g/mol. The van der Waals surface area contributed by atoms with Crippen LogP contribution >= 0.6 is 0 Å². The molecular formula is C14H20O3. The average molecular weight is 236 g/mol. The van der Waals surface area contributed by atoms with E-state index in [1.165, 1.54) is 0 Å². The van der Waals surface area contributed by atoms with Gasteiger partial charge in [-0.05, 0) is 45.2 Å². The van der Waals surface area contributed by atoms with Gasteiger partial charge in [0.2, 0.25) is 0 Å². The molecule has 1 aromatic rings. The fraction of sp³-hybridized carbons (Fsp3) is 0.571. The molecule has 0 amide bonds. The monoisotopic (exact) mass is 236 g/mol. The first kappa shape index (κ1) is 12.2. The lowest BCUT2D eigenvalue weighted by molar-refractivity contribution is -0.0517. The summed E-state index contributed by atoms with van der Waals surface area (Å²) in [5.41, 5.74) is -0.351. The summed E-state index contributed by atoms with van der Waals surface area (Å²) in [6.07, 6.45) is 3.14. The summed E-state index contributed by atoms with van der Waals surface area (Å²) in [6, 6.07) is 7.62. The minimum absolute atomic E-state index is 0.0856. The molecule has 1 N–H and O–H groups in total. The molecule has 0 spiro atoms. The topological polar surface area (TPSA) is 38.7 Å². The van der Waals surface area contributed by atoms with E-state index in [0.717, 1.165) is 30.8 Å². The van der Waals surface area contributed by atoms with E-state index in [-0.39, 0.29) is 18.3 Å². The predicted molar refractivity (Wildman–Crippen MR) is 66.5 cm³/mol. The van der Waals surface area contributed by atoms with E-state index in [1.54, 1.807) is 0 Å². The molecule has 0 unspecified atom stereocenters. The van der Waals surface area contributed by atoms with Crippen LogP contribution in [0.3, 0.4) is 0 Å². The molecule has 0 heterocycles. The van der Waals surface area contributed by atoms with Gasteiger partial charge in [0, 0.05) is 6.07 Å². The van der Waals surface area contributed by atoms with Crippen molar-refractivity contribution in [1.29, 1.82) is 0 Å². The molecule has 3 nitrogen and oxygen atoms in total. The lowest BCUT2D eigenvalue weighted by Gasteiger charge is -2.40. The molecule has 94 valence electrons. The Bertz CT molecular complexity index is 364. The minimum Gasteiger partial charge on any atom is -0.491 e. The Labute approximate surface area is 102 Å². The van der Waals surface area contributed by atoms with Crippen LogP contribution in [0.5, 0.6) is 11.5 Å². The zero-order valence-corrected chi connectivity index (χ0v) is 10.5. The van der Waals surface area contributed by atoms with Crippen LogP contribution in [0.15, 0.2) is 24.3 Å². The van der Waals surface area contributed by atoms with Crippen LogP contribution in [0.1, 0.15) is 33.1 Å². The number of benzene rings is 1. The lowest BCUT2D eigenvalue weighted by atomic mass is 9.80. The van der Waals surface area contributed by atoms with Gasteiger partial charge in [0.25, 0.3) is 0 Å². The predicted octanol–water partition coefficient (Wildman–Crippen LogP) is 2.77. The molecule has 1 aromatic carbocycles. The highest BCUT2D eigenvalue weighted by molar-refractivity contribution is 5.33. The Hall–Kier alpha value is -1.22. The van der Waals surface area contributed by atoms with E-state index in [0.29, 0.717) is 0 Å². The number of hydrogen-bond acceptors (Lipinski definition) is 3. The first-order valence-electron chi connectivity index (χ1n) is 6.20. The third-order valence-corrected chi connectivity index (χ3v) is 3.06. The van der Waals surface area contributed by atoms with Crippen molar-refractivity contribution in [3.8, 4) is 11.5 Å². The molecule has 0 saturated heterocycles. The van der Waals surface area contributed by atoms with Gasteiger partial charge in [0.1, 0.15) is 17.1 Å². The van der Waals surface area contributed by atoms with E-state index in [2.05, 4.69) is 0 Å². The van der Waals surface area contributed by atoms with Crippen molar-refractivity contribution in [2.45, 2.75) is 44.8 Å². The summed E-state index contributed by atoms with van der Waals surface area (Å²) in [7, 11) is 0. The van der Waals surface area contributed by atoms with Crippen molar-refractivity contribution < 1.29 is 14.6 Å². The zero-order chi connectivity index (χ0) is 12.3. The second-order valence-corrected chi connectivity index (χ2v) is 4.94. The van der Waals surface area contributed by atoms with Crippen LogP contribution in [-0.2, 0) is 0 Å². The van der Waals surface area contributed by atoms with Gasteiger partial charge in [-0.15, -0.1) is 0 Å². The van der Waals surface area contributed by atoms with E-state index in [9.17, 15) is 5.11 Å². The van der Waals surface area contributed by atoms with Gasteiger partial charge in [0.05, 0.1) is 12.7 Å². The van der Waals surface area contributed by atoms with Crippen LogP contribution in [-0.4, -0.2) is 23.4 Å². The van der Waals surface area contributed by atoms with Crippen molar-refractivity contribution >= 4 is 0 Å². The standard InChI is InChI=1S/C14H20O3/c1-11(2)16-12-5-3-6-13(9-12)17-14(10-15)7-4-8-14/h3,5-6,9,11,15H,4,7-8,10H2,1-2H3. The van der Waals surface area contributed by atoms with Crippen LogP contribution in [0.2, 0.25) is 0 Å². The van der Waals surface area contributed by atoms with Crippen molar-refractivity contribution in [1.82, 2.24) is 0 Å². The average Bonchev–Trinajstić information content (AvgIpc) is 2.23. The first-order chi connectivity index (χ1) is 8.13. The van der Waals surface area contributed by atoms with E-state index in [1.807, 2.05) is 38.1 Å². The Morgan fingerprint density at radius 3 is 2.53 bits per heavy atom. The van der Waals surface area contributed by atoms with Crippen molar-refractivity contribution in [3.05, 3.63) is 24.3 Å². The van der Waals surface area contributed by atoms with Crippen LogP contribution in [0, 0.1) is 0 Å². The van der Waals surface area contributed by atoms with E-state index >= 15 is 0 Å². The zero-order valence-electron chi connectivity index (χ0n) is 10.5. The van der Waals surface area contributed by atoms with Gasteiger partial charge in [-0.3, -0.25) is 0 Å². The van der Waals surface area contributed by atoms with E-state index in [4.69, 9.17) is 9.47 Å². The van der Waals surface area contributed by atoms with Gasteiger partial charge in [-0.1, -0.05) is 6.07 Å². The molecule has 0 bridgehead atoms. The Balaban J connectivity index is 2.05. The van der Waals surface area contributed by atoms with Gasteiger partial charge in [-0.2, -0.15) is 0 Å². The highest BCUT2D eigenvalue weighted by Crippen LogP contribution is 2.36. The number of aliphatic hydroxyl groups excluding tert-OH is 1. The molecule has 1 aliphatic carbocycles. The summed E-state index contributed by atoms with van der Waals surface area (Å²) in [4.78, 5) is 0. The summed E-state index contributed by atoms with van der Waals surface area (Å²) in [6.45, 7) is 4.08. The Kier molecular flexibility index (Phi) is 3.57. The molecule has 1 aliphatic rings. The lowest BCUT2D eigenvalue weighted by Crippen LogP contribution is -2.46. The van der Waals surface area contributed by atoms with Crippen LogP contribution < -0.4 is 9.47 Å². The number of hydrogen-bond donors (Lipinski definition) is 1. The SMILES string of the molecule is CC(C)Oc1cccc(OC2(CO)CCC2)c1. The second kappa shape index (κ2) is 4.96. The molecule has 0 atom stereocenters. The molecule has 0 aromatic heterocycles. The van der Waals surface area contributed by atoms with Gasteiger partial charge < -0.3 is 14.6 Å². The first-order valence-corrected chi connectivity index (χ1v) is 6.20. The highest BCUT2D eigenvalue weighted by Gasteiger charge is 2.38. The quantitative estimate of drug-likeness (QED) is 0.854. The van der Waals surface area contributed by atoms with Gasteiger partial charge >= 0.3 is 0 Å². The molecule has 17 heavy (non-hydrogen) atoms. The molecule has 0 radical (unpaired) electrons. The van der Waals surface area contributed by atoms with Gasteiger partial charge in [0.15, 0.2) is 0 Å². The second-order valence-electron chi connectivity index (χ2n) is 4.94. The number of ether oxygens (including phenoxy) is 2. The normalized spacial score (nSPS) is 17.6. The third-order valence-electron chi connectivity index (χ3n) is 3.06. The minimum atomic E-state index is -0.351. The van der Waals surface area contributed by atoms with E-state index < -0.39 is 0 Å². The largest absolute Gasteiger partial charge is 0.491 e. The molecule has 1 saturated carbocycles. The van der Waals surface area contributed by atoms with Crippen molar-refractivity contribution in [3.63, 3.8) is 0 Å². The maximum absolute atomic E-state index is 9.36. The summed E-state index contributed by atoms with van der Waals surface area (Å²) < 4.78 is 11.5. The van der Waals surface area contributed by atoms with Crippen molar-refractivity contribution in [2.24, 2.45) is 0 Å². The number of aliphatic hydroxyl groups is 1.